The van der Waals surface area contributed by atoms with E-state index in [0.717, 1.165) is 16.8 Å². The molecular weight excluding hydrogens is 240 g/mol. The lowest BCUT2D eigenvalue weighted by molar-refractivity contribution is 1.27. The lowest BCUT2D eigenvalue weighted by Gasteiger charge is -2.05. The summed E-state index contributed by atoms with van der Waals surface area (Å²) in [5.74, 6) is 0. The van der Waals surface area contributed by atoms with Crippen molar-refractivity contribution in [2.45, 2.75) is 6.42 Å². The van der Waals surface area contributed by atoms with Gasteiger partial charge < -0.3 is 0 Å². The summed E-state index contributed by atoms with van der Waals surface area (Å²) in [6.07, 6.45) is 1.04. The Labute approximate surface area is 111 Å². The van der Waals surface area contributed by atoms with E-state index in [2.05, 4.69) is 42.5 Å². The summed E-state index contributed by atoms with van der Waals surface area (Å²) in [6.45, 7) is 0. The summed E-state index contributed by atoms with van der Waals surface area (Å²) >= 11 is 6.29. The molecular formula is C17H11Cl. The van der Waals surface area contributed by atoms with Gasteiger partial charge >= 0.3 is 0 Å². The van der Waals surface area contributed by atoms with Crippen LogP contribution in [0, 0.1) is 0 Å². The predicted molar refractivity (Wildman–Crippen MR) is 77.2 cm³/mol. The lowest BCUT2D eigenvalue weighted by atomic mass is 10.0. The van der Waals surface area contributed by atoms with E-state index in [0.29, 0.717) is 0 Å². The van der Waals surface area contributed by atoms with Crippen LogP contribution in [0.1, 0.15) is 11.1 Å². The van der Waals surface area contributed by atoms with Crippen LogP contribution in [0.5, 0.6) is 0 Å². The van der Waals surface area contributed by atoms with E-state index in [1.807, 2.05) is 12.1 Å². The SMILES string of the molecule is Clc1cccc2cc3c(cc12)-c1ccccc1C3. The number of hydrogen-bond acceptors (Lipinski definition) is 0. The fourth-order valence-corrected chi connectivity index (χ4v) is 3.11. The second kappa shape index (κ2) is 3.60. The molecule has 0 N–H and O–H groups in total. The van der Waals surface area contributed by atoms with Crippen molar-refractivity contribution in [2.24, 2.45) is 0 Å². The molecule has 86 valence electrons. The van der Waals surface area contributed by atoms with Crippen LogP contribution in [0.25, 0.3) is 21.9 Å². The minimum Gasteiger partial charge on any atom is -0.0837 e. The van der Waals surface area contributed by atoms with Gasteiger partial charge in [-0.1, -0.05) is 54.1 Å². The number of hydrogen-bond donors (Lipinski definition) is 0. The molecule has 4 rings (SSSR count). The highest BCUT2D eigenvalue weighted by atomic mass is 35.5. The smallest absolute Gasteiger partial charge is 0.0484 e. The van der Waals surface area contributed by atoms with Crippen LogP contribution in [0.15, 0.2) is 54.6 Å². The van der Waals surface area contributed by atoms with Crippen molar-refractivity contribution in [1.82, 2.24) is 0 Å². The van der Waals surface area contributed by atoms with Crippen molar-refractivity contribution in [1.29, 1.82) is 0 Å². The van der Waals surface area contributed by atoms with Crippen molar-refractivity contribution < 1.29 is 0 Å². The van der Waals surface area contributed by atoms with Crippen molar-refractivity contribution >= 4 is 22.4 Å². The van der Waals surface area contributed by atoms with Crippen LogP contribution in [0.3, 0.4) is 0 Å². The fourth-order valence-electron chi connectivity index (χ4n) is 2.87. The Morgan fingerprint density at radius 1 is 0.778 bits per heavy atom. The zero-order valence-electron chi connectivity index (χ0n) is 9.78. The number of rotatable bonds is 0. The van der Waals surface area contributed by atoms with Gasteiger partial charge in [0.25, 0.3) is 0 Å². The van der Waals surface area contributed by atoms with Gasteiger partial charge in [0.1, 0.15) is 0 Å². The highest BCUT2D eigenvalue weighted by molar-refractivity contribution is 6.35. The van der Waals surface area contributed by atoms with Crippen molar-refractivity contribution in [3.63, 3.8) is 0 Å². The van der Waals surface area contributed by atoms with Gasteiger partial charge in [-0.25, -0.2) is 0 Å². The normalized spacial score (nSPS) is 12.5. The van der Waals surface area contributed by atoms with Gasteiger partial charge in [-0.15, -0.1) is 0 Å². The van der Waals surface area contributed by atoms with E-state index in [-0.39, 0.29) is 0 Å². The van der Waals surface area contributed by atoms with Gasteiger partial charge in [-0.3, -0.25) is 0 Å². The Bertz CT molecular complexity index is 772. The maximum absolute atomic E-state index is 6.29. The maximum Gasteiger partial charge on any atom is 0.0484 e. The third kappa shape index (κ3) is 1.33. The fraction of sp³-hybridized carbons (Fsp3) is 0.0588. The molecule has 18 heavy (non-hydrogen) atoms. The number of benzene rings is 3. The Hall–Kier alpha value is -1.79. The van der Waals surface area contributed by atoms with E-state index in [9.17, 15) is 0 Å². The third-order valence-electron chi connectivity index (χ3n) is 3.74. The Morgan fingerprint density at radius 3 is 2.61 bits per heavy atom. The zero-order valence-corrected chi connectivity index (χ0v) is 10.5. The van der Waals surface area contributed by atoms with Crippen LogP contribution in [-0.2, 0) is 6.42 Å². The first-order valence-electron chi connectivity index (χ1n) is 6.12. The molecule has 3 aromatic rings. The van der Waals surface area contributed by atoms with Gasteiger partial charge in [0, 0.05) is 10.4 Å². The molecule has 1 aliphatic rings. The van der Waals surface area contributed by atoms with Crippen molar-refractivity contribution in [3.8, 4) is 11.1 Å². The first-order chi connectivity index (χ1) is 8.83. The monoisotopic (exact) mass is 250 g/mol. The van der Waals surface area contributed by atoms with Gasteiger partial charge in [0.05, 0.1) is 0 Å². The van der Waals surface area contributed by atoms with E-state index >= 15 is 0 Å². The second-order valence-electron chi connectivity index (χ2n) is 4.80. The molecule has 0 amide bonds. The Balaban J connectivity index is 2.09. The summed E-state index contributed by atoms with van der Waals surface area (Å²) in [5, 5.41) is 3.21. The highest BCUT2D eigenvalue weighted by Crippen LogP contribution is 2.39. The van der Waals surface area contributed by atoms with Crippen LogP contribution < -0.4 is 0 Å². The summed E-state index contributed by atoms with van der Waals surface area (Å²) in [5.41, 5.74) is 5.52. The summed E-state index contributed by atoms with van der Waals surface area (Å²) < 4.78 is 0. The minimum absolute atomic E-state index is 0.833. The standard InChI is InChI=1S/C17H11Cl/c18-17-7-3-5-12-9-13-8-11-4-1-2-6-14(11)15(13)10-16(12)17/h1-7,9-10H,8H2. The lowest BCUT2D eigenvalue weighted by Crippen LogP contribution is -1.82. The zero-order chi connectivity index (χ0) is 12.1. The Morgan fingerprint density at radius 2 is 1.67 bits per heavy atom. The summed E-state index contributed by atoms with van der Waals surface area (Å²) in [7, 11) is 0. The molecule has 0 nitrogen and oxygen atoms in total. The second-order valence-corrected chi connectivity index (χ2v) is 5.21. The molecule has 0 saturated heterocycles. The van der Waals surface area contributed by atoms with Crippen LogP contribution in [0.2, 0.25) is 5.02 Å². The molecule has 0 fully saturated rings. The van der Waals surface area contributed by atoms with Crippen molar-refractivity contribution in [3.05, 3.63) is 70.7 Å². The molecule has 0 bridgehead atoms. The molecule has 0 spiro atoms. The average Bonchev–Trinajstić information content (AvgIpc) is 2.75. The van der Waals surface area contributed by atoms with Gasteiger partial charge in [0.15, 0.2) is 0 Å². The molecule has 0 atom stereocenters. The molecule has 1 heteroatoms. The van der Waals surface area contributed by atoms with Crippen molar-refractivity contribution in [2.75, 3.05) is 0 Å². The van der Waals surface area contributed by atoms with Gasteiger partial charge in [-0.2, -0.15) is 0 Å². The van der Waals surface area contributed by atoms with E-state index < -0.39 is 0 Å². The topological polar surface area (TPSA) is 0 Å². The summed E-state index contributed by atoms with van der Waals surface area (Å²) in [4.78, 5) is 0. The first kappa shape index (κ1) is 10.2. The molecule has 0 aliphatic heterocycles. The average molecular weight is 251 g/mol. The molecule has 1 aliphatic carbocycles. The first-order valence-corrected chi connectivity index (χ1v) is 6.50. The van der Waals surface area contributed by atoms with E-state index in [1.54, 1.807) is 0 Å². The largest absolute Gasteiger partial charge is 0.0837 e. The molecule has 0 saturated carbocycles. The molecule has 3 aromatic carbocycles. The van der Waals surface area contributed by atoms with E-state index in [1.165, 1.54) is 27.6 Å². The molecule has 0 unspecified atom stereocenters. The van der Waals surface area contributed by atoms with Crippen LogP contribution >= 0.6 is 11.6 Å². The molecule has 0 radical (unpaired) electrons. The Kier molecular flexibility index (Phi) is 2.03. The van der Waals surface area contributed by atoms with Crippen LogP contribution in [0.4, 0.5) is 0 Å². The number of halogens is 1. The molecule has 0 aromatic heterocycles. The maximum atomic E-state index is 6.29. The third-order valence-corrected chi connectivity index (χ3v) is 4.07. The summed E-state index contributed by atoms with van der Waals surface area (Å²) in [6, 6.07) is 19.2. The van der Waals surface area contributed by atoms with Crippen LogP contribution in [-0.4, -0.2) is 0 Å². The quantitative estimate of drug-likeness (QED) is 0.409. The number of fused-ring (bicyclic) bond motifs is 4. The molecule has 0 heterocycles. The van der Waals surface area contributed by atoms with Gasteiger partial charge in [0.2, 0.25) is 0 Å². The van der Waals surface area contributed by atoms with Gasteiger partial charge in [-0.05, 0) is 46.2 Å². The minimum atomic E-state index is 0.833. The predicted octanol–water partition coefficient (Wildman–Crippen LogP) is 5.06. The van der Waals surface area contributed by atoms with E-state index in [4.69, 9.17) is 11.6 Å². The highest BCUT2D eigenvalue weighted by Gasteiger charge is 2.18.